The summed E-state index contributed by atoms with van der Waals surface area (Å²) < 4.78 is 5.16. The molecule has 3 rings (SSSR count). The number of anilines is 1. The Labute approximate surface area is 122 Å². The van der Waals surface area contributed by atoms with Crippen molar-refractivity contribution in [3.8, 4) is 5.75 Å². The number of aromatic nitrogens is 1. The molecular formula is C17H14N2O2. The summed E-state index contributed by atoms with van der Waals surface area (Å²) in [5.74, 6) is 0.572. The van der Waals surface area contributed by atoms with Gasteiger partial charge in [-0.3, -0.25) is 9.78 Å². The summed E-state index contributed by atoms with van der Waals surface area (Å²) in [5, 5.41) is 3.74. The van der Waals surface area contributed by atoms with Crippen LogP contribution in [0.4, 0.5) is 5.69 Å². The predicted molar refractivity (Wildman–Crippen MR) is 82.7 cm³/mol. The van der Waals surface area contributed by atoms with Crippen molar-refractivity contribution in [3.63, 3.8) is 0 Å². The third kappa shape index (κ3) is 2.84. The molecule has 4 nitrogen and oxygen atoms in total. The van der Waals surface area contributed by atoms with Crippen LogP contribution in [-0.2, 0) is 0 Å². The summed E-state index contributed by atoms with van der Waals surface area (Å²) in [7, 11) is 1.61. The van der Waals surface area contributed by atoms with Crippen LogP contribution >= 0.6 is 0 Å². The largest absolute Gasteiger partial charge is 0.497 e. The second-order valence-electron chi connectivity index (χ2n) is 4.60. The third-order valence-corrected chi connectivity index (χ3v) is 3.19. The molecular weight excluding hydrogens is 264 g/mol. The van der Waals surface area contributed by atoms with Crippen molar-refractivity contribution in [1.29, 1.82) is 0 Å². The maximum atomic E-state index is 12.2. The van der Waals surface area contributed by atoms with E-state index in [4.69, 9.17) is 4.74 Å². The average molecular weight is 278 g/mol. The minimum absolute atomic E-state index is 0.175. The number of carbonyl (C=O) groups is 1. The highest BCUT2D eigenvalue weighted by molar-refractivity contribution is 6.05. The zero-order chi connectivity index (χ0) is 14.7. The number of carbonyl (C=O) groups excluding carboxylic acids is 1. The van der Waals surface area contributed by atoms with Crippen LogP contribution in [-0.4, -0.2) is 18.0 Å². The van der Waals surface area contributed by atoms with E-state index in [0.717, 1.165) is 22.3 Å². The first-order chi connectivity index (χ1) is 10.3. The van der Waals surface area contributed by atoms with Crippen LogP contribution in [0.3, 0.4) is 0 Å². The van der Waals surface area contributed by atoms with E-state index in [1.54, 1.807) is 13.3 Å². The molecule has 0 atom stereocenters. The number of fused-ring (bicyclic) bond motifs is 1. The lowest BCUT2D eigenvalue weighted by Gasteiger charge is -2.06. The number of hydrogen-bond acceptors (Lipinski definition) is 3. The number of hydrogen-bond donors (Lipinski definition) is 1. The smallest absolute Gasteiger partial charge is 0.257 e. The van der Waals surface area contributed by atoms with Crippen LogP contribution in [0, 0.1) is 0 Å². The Morgan fingerprint density at radius 2 is 1.90 bits per heavy atom. The van der Waals surface area contributed by atoms with Crippen LogP contribution in [0.25, 0.3) is 10.9 Å². The van der Waals surface area contributed by atoms with Gasteiger partial charge in [-0.15, -0.1) is 0 Å². The number of pyridine rings is 1. The van der Waals surface area contributed by atoms with E-state index in [-0.39, 0.29) is 5.91 Å². The number of methoxy groups -OCH3 is 1. The lowest BCUT2D eigenvalue weighted by Crippen LogP contribution is -2.12. The van der Waals surface area contributed by atoms with Crippen LogP contribution < -0.4 is 10.1 Å². The summed E-state index contributed by atoms with van der Waals surface area (Å²) in [6, 6.07) is 16.7. The van der Waals surface area contributed by atoms with Crippen molar-refractivity contribution in [3.05, 3.63) is 66.4 Å². The molecule has 4 heteroatoms. The van der Waals surface area contributed by atoms with Crippen molar-refractivity contribution < 1.29 is 9.53 Å². The Morgan fingerprint density at radius 3 is 2.67 bits per heavy atom. The Kier molecular flexibility index (Phi) is 3.51. The summed E-state index contributed by atoms with van der Waals surface area (Å²) in [6.07, 6.45) is 1.57. The fourth-order valence-corrected chi connectivity index (χ4v) is 2.08. The minimum Gasteiger partial charge on any atom is -0.497 e. The van der Waals surface area contributed by atoms with Gasteiger partial charge in [-0.05, 0) is 30.3 Å². The second kappa shape index (κ2) is 5.63. The Morgan fingerprint density at radius 1 is 1.10 bits per heavy atom. The van der Waals surface area contributed by atoms with Gasteiger partial charge in [-0.2, -0.15) is 0 Å². The molecule has 0 fully saturated rings. The molecule has 1 heterocycles. The van der Waals surface area contributed by atoms with E-state index in [1.165, 1.54) is 0 Å². The van der Waals surface area contributed by atoms with Crippen LogP contribution in [0.1, 0.15) is 10.4 Å². The van der Waals surface area contributed by atoms with Crippen molar-refractivity contribution in [2.24, 2.45) is 0 Å². The first-order valence-electron chi connectivity index (χ1n) is 6.56. The maximum Gasteiger partial charge on any atom is 0.257 e. The Balaban J connectivity index is 1.88. The molecule has 0 spiro atoms. The van der Waals surface area contributed by atoms with Crippen molar-refractivity contribution in [2.75, 3.05) is 12.4 Å². The molecule has 0 radical (unpaired) electrons. The van der Waals surface area contributed by atoms with E-state index in [2.05, 4.69) is 10.3 Å². The van der Waals surface area contributed by atoms with Gasteiger partial charge in [-0.1, -0.05) is 18.2 Å². The molecule has 0 saturated heterocycles. The number of rotatable bonds is 3. The highest BCUT2D eigenvalue weighted by atomic mass is 16.5. The van der Waals surface area contributed by atoms with Gasteiger partial charge in [0.05, 0.1) is 18.2 Å². The summed E-state index contributed by atoms with van der Waals surface area (Å²) in [5.41, 5.74) is 2.08. The Bertz CT molecular complexity index is 785. The quantitative estimate of drug-likeness (QED) is 0.797. The van der Waals surface area contributed by atoms with Gasteiger partial charge in [0.1, 0.15) is 5.75 Å². The van der Waals surface area contributed by atoms with E-state index in [1.807, 2.05) is 54.6 Å². The van der Waals surface area contributed by atoms with E-state index >= 15 is 0 Å². The molecule has 1 aromatic heterocycles. The lowest BCUT2D eigenvalue weighted by molar-refractivity contribution is 0.102. The standard InChI is InChI=1S/C17H14N2O2/c1-21-15-8-7-12-9-13(11-18-16(12)10-15)17(20)19-14-5-3-2-4-6-14/h2-11H,1H3,(H,19,20). The normalized spacial score (nSPS) is 10.3. The topological polar surface area (TPSA) is 51.2 Å². The molecule has 3 aromatic rings. The summed E-state index contributed by atoms with van der Waals surface area (Å²) in [4.78, 5) is 16.5. The molecule has 2 aromatic carbocycles. The molecule has 0 bridgehead atoms. The molecule has 0 saturated carbocycles. The SMILES string of the molecule is COc1ccc2cc(C(=O)Nc3ccccc3)cnc2c1. The van der Waals surface area contributed by atoms with Crippen LogP contribution in [0.15, 0.2) is 60.8 Å². The molecule has 1 N–H and O–H groups in total. The zero-order valence-corrected chi connectivity index (χ0v) is 11.5. The maximum absolute atomic E-state index is 12.2. The van der Waals surface area contributed by atoms with E-state index in [0.29, 0.717) is 5.56 Å². The van der Waals surface area contributed by atoms with Gasteiger partial charge in [0.25, 0.3) is 5.91 Å². The zero-order valence-electron chi connectivity index (χ0n) is 11.5. The fourth-order valence-electron chi connectivity index (χ4n) is 2.08. The van der Waals surface area contributed by atoms with Gasteiger partial charge >= 0.3 is 0 Å². The number of nitrogens with one attached hydrogen (secondary N) is 1. The lowest BCUT2D eigenvalue weighted by atomic mass is 10.1. The van der Waals surface area contributed by atoms with E-state index in [9.17, 15) is 4.79 Å². The second-order valence-corrected chi connectivity index (χ2v) is 4.60. The molecule has 0 aliphatic rings. The van der Waals surface area contributed by atoms with Crippen molar-refractivity contribution >= 4 is 22.5 Å². The van der Waals surface area contributed by atoms with Gasteiger partial charge in [0, 0.05) is 23.3 Å². The predicted octanol–water partition coefficient (Wildman–Crippen LogP) is 3.50. The minimum atomic E-state index is -0.175. The fraction of sp³-hybridized carbons (Fsp3) is 0.0588. The highest BCUT2D eigenvalue weighted by Crippen LogP contribution is 2.20. The molecule has 0 unspecified atom stereocenters. The monoisotopic (exact) mass is 278 g/mol. The molecule has 0 aliphatic carbocycles. The molecule has 104 valence electrons. The van der Waals surface area contributed by atoms with Crippen LogP contribution in [0.5, 0.6) is 5.75 Å². The number of benzene rings is 2. The van der Waals surface area contributed by atoms with Crippen molar-refractivity contribution in [1.82, 2.24) is 4.98 Å². The van der Waals surface area contributed by atoms with Crippen LogP contribution in [0.2, 0.25) is 0 Å². The highest BCUT2D eigenvalue weighted by Gasteiger charge is 2.08. The average Bonchev–Trinajstić information content (AvgIpc) is 2.54. The first-order valence-corrected chi connectivity index (χ1v) is 6.56. The number of ether oxygens (including phenoxy) is 1. The summed E-state index contributed by atoms with van der Waals surface area (Å²) in [6.45, 7) is 0. The van der Waals surface area contributed by atoms with Gasteiger partial charge in [0.2, 0.25) is 0 Å². The van der Waals surface area contributed by atoms with E-state index < -0.39 is 0 Å². The molecule has 1 amide bonds. The first kappa shape index (κ1) is 13.1. The Hall–Kier alpha value is -2.88. The molecule has 0 aliphatic heterocycles. The van der Waals surface area contributed by atoms with Crippen molar-refractivity contribution in [2.45, 2.75) is 0 Å². The number of para-hydroxylation sites is 1. The van der Waals surface area contributed by atoms with Gasteiger partial charge in [0.15, 0.2) is 0 Å². The number of amides is 1. The third-order valence-electron chi connectivity index (χ3n) is 3.19. The number of nitrogens with zero attached hydrogens (tertiary/aromatic N) is 1. The molecule has 21 heavy (non-hydrogen) atoms. The van der Waals surface area contributed by atoms with Gasteiger partial charge < -0.3 is 10.1 Å². The summed E-state index contributed by atoms with van der Waals surface area (Å²) >= 11 is 0. The van der Waals surface area contributed by atoms with Gasteiger partial charge in [-0.25, -0.2) is 0 Å².